The lowest BCUT2D eigenvalue weighted by Gasteiger charge is -2.20. The maximum Gasteiger partial charge on any atom is 0.118 e. The van der Waals surface area contributed by atoms with Gasteiger partial charge in [-0.1, -0.05) is 24.3 Å². The Kier molecular flexibility index (Phi) is 4.72. The van der Waals surface area contributed by atoms with Crippen molar-refractivity contribution in [2.75, 3.05) is 7.11 Å². The van der Waals surface area contributed by atoms with Gasteiger partial charge in [-0.05, 0) is 79.5 Å². The second-order valence-electron chi connectivity index (χ2n) is 6.83. The Morgan fingerprint density at radius 1 is 1.00 bits per heavy atom. The van der Waals surface area contributed by atoms with Gasteiger partial charge in [-0.25, -0.2) is 0 Å². The standard InChI is InChI=1S/C21H27NO/c1-14-11-16(3)19(12-15(14)2)13-22-21(17-5-6-17)18-7-9-20(23-4)10-8-18/h7-12,17,21-22H,5-6,13H2,1-4H3. The highest BCUT2D eigenvalue weighted by molar-refractivity contribution is 5.37. The summed E-state index contributed by atoms with van der Waals surface area (Å²) < 4.78 is 5.27. The molecule has 0 spiro atoms. The monoisotopic (exact) mass is 309 g/mol. The van der Waals surface area contributed by atoms with E-state index in [0.717, 1.165) is 18.2 Å². The fraction of sp³-hybridized carbons (Fsp3) is 0.429. The third kappa shape index (κ3) is 3.76. The molecule has 0 heterocycles. The zero-order valence-corrected chi connectivity index (χ0v) is 14.6. The first-order chi connectivity index (χ1) is 11.1. The molecule has 0 radical (unpaired) electrons. The van der Waals surface area contributed by atoms with Crippen molar-refractivity contribution in [1.82, 2.24) is 5.32 Å². The highest BCUT2D eigenvalue weighted by Crippen LogP contribution is 2.41. The summed E-state index contributed by atoms with van der Waals surface area (Å²) in [7, 11) is 1.72. The zero-order valence-electron chi connectivity index (χ0n) is 14.6. The van der Waals surface area contributed by atoms with Crippen LogP contribution in [-0.2, 0) is 6.54 Å². The van der Waals surface area contributed by atoms with E-state index in [4.69, 9.17) is 4.74 Å². The van der Waals surface area contributed by atoms with Crippen molar-refractivity contribution in [3.63, 3.8) is 0 Å². The van der Waals surface area contributed by atoms with Gasteiger partial charge in [-0.3, -0.25) is 0 Å². The van der Waals surface area contributed by atoms with E-state index in [-0.39, 0.29) is 0 Å². The molecule has 1 saturated carbocycles. The van der Waals surface area contributed by atoms with Gasteiger partial charge in [0.1, 0.15) is 5.75 Å². The minimum atomic E-state index is 0.446. The number of rotatable bonds is 6. The fourth-order valence-electron chi connectivity index (χ4n) is 3.23. The van der Waals surface area contributed by atoms with E-state index in [0.29, 0.717) is 6.04 Å². The first-order valence-corrected chi connectivity index (χ1v) is 8.52. The van der Waals surface area contributed by atoms with Crippen LogP contribution in [0.4, 0.5) is 0 Å². The summed E-state index contributed by atoms with van der Waals surface area (Å²) in [6, 6.07) is 13.6. The lowest BCUT2D eigenvalue weighted by molar-refractivity contribution is 0.413. The van der Waals surface area contributed by atoms with Gasteiger partial charge in [0.25, 0.3) is 0 Å². The summed E-state index contributed by atoms with van der Waals surface area (Å²) in [6.07, 6.45) is 2.66. The molecule has 1 unspecified atom stereocenters. The lowest BCUT2D eigenvalue weighted by atomic mass is 9.99. The second-order valence-corrected chi connectivity index (χ2v) is 6.83. The molecule has 23 heavy (non-hydrogen) atoms. The summed E-state index contributed by atoms with van der Waals surface area (Å²) >= 11 is 0. The van der Waals surface area contributed by atoms with E-state index in [2.05, 4.69) is 62.5 Å². The Bertz CT molecular complexity index is 671. The number of aryl methyl sites for hydroxylation is 3. The van der Waals surface area contributed by atoms with Crippen molar-refractivity contribution >= 4 is 0 Å². The van der Waals surface area contributed by atoms with Crippen LogP contribution in [0.2, 0.25) is 0 Å². The van der Waals surface area contributed by atoms with Crippen LogP contribution in [0.25, 0.3) is 0 Å². The van der Waals surface area contributed by atoms with Crippen LogP contribution in [0.15, 0.2) is 36.4 Å². The molecule has 1 N–H and O–H groups in total. The lowest BCUT2D eigenvalue weighted by Crippen LogP contribution is -2.23. The Labute approximate surface area is 139 Å². The van der Waals surface area contributed by atoms with Gasteiger partial charge >= 0.3 is 0 Å². The molecule has 122 valence electrons. The molecule has 1 atom stereocenters. The van der Waals surface area contributed by atoms with E-state index in [1.807, 2.05) is 0 Å². The molecule has 0 aromatic heterocycles. The fourth-order valence-corrected chi connectivity index (χ4v) is 3.23. The number of benzene rings is 2. The molecule has 0 bridgehead atoms. The van der Waals surface area contributed by atoms with Crippen LogP contribution < -0.4 is 10.1 Å². The van der Waals surface area contributed by atoms with E-state index >= 15 is 0 Å². The van der Waals surface area contributed by atoms with Crippen molar-refractivity contribution in [3.05, 3.63) is 64.2 Å². The molecule has 0 saturated heterocycles. The van der Waals surface area contributed by atoms with Crippen LogP contribution in [0.1, 0.15) is 46.7 Å². The summed E-state index contributed by atoms with van der Waals surface area (Å²) in [5.74, 6) is 1.70. The van der Waals surface area contributed by atoms with Crippen LogP contribution >= 0.6 is 0 Å². The van der Waals surface area contributed by atoms with Crippen LogP contribution in [-0.4, -0.2) is 7.11 Å². The van der Waals surface area contributed by atoms with E-state index in [9.17, 15) is 0 Å². The number of methoxy groups -OCH3 is 1. The van der Waals surface area contributed by atoms with Crippen molar-refractivity contribution in [3.8, 4) is 5.75 Å². The van der Waals surface area contributed by atoms with E-state index in [1.54, 1.807) is 7.11 Å². The third-order valence-corrected chi connectivity index (χ3v) is 5.03. The van der Waals surface area contributed by atoms with Crippen molar-refractivity contribution in [2.45, 2.75) is 46.2 Å². The van der Waals surface area contributed by atoms with Gasteiger partial charge in [0.15, 0.2) is 0 Å². The Morgan fingerprint density at radius 2 is 1.65 bits per heavy atom. The molecule has 1 fully saturated rings. The molecular formula is C21H27NO. The van der Waals surface area contributed by atoms with E-state index < -0.39 is 0 Å². The SMILES string of the molecule is COc1ccc(C(NCc2cc(C)c(C)cc2C)C2CC2)cc1. The quantitative estimate of drug-likeness (QED) is 0.822. The molecule has 1 aliphatic carbocycles. The van der Waals surface area contributed by atoms with Gasteiger partial charge < -0.3 is 10.1 Å². The molecule has 0 amide bonds. The summed E-state index contributed by atoms with van der Waals surface area (Å²) in [5.41, 5.74) is 6.91. The van der Waals surface area contributed by atoms with Crippen LogP contribution in [0.5, 0.6) is 5.75 Å². The number of hydrogen-bond acceptors (Lipinski definition) is 2. The minimum Gasteiger partial charge on any atom is -0.497 e. The first-order valence-electron chi connectivity index (χ1n) is 8.52. The van der Waals surface area contributed by atoms with Crippen molar-refractivity contribution in [1.29, 1.82) is 0 Å². The first kappa shape index (κ1) is 16.1. The number of nitrogens with one attached hydrogen (secondary N) is 1. The molecule has 2 aromatic rings. The maximum absolute atomic E-state index is 5.27. The molecule has 2 aromatic carbocycles. The highest BCUT2D eigenvalue weighted by Gasteiger charge is 2.32. The Balaban J connectivity index is 1.74. The van der Waals surface area contributed by atoms with E-state index in [1.165, 1.54) is 40.7 Å². The smallest absolute Gasteiger partial charge is 0.118 e. The molecule has 0 aliphatic heterocycles. The second kappa shape index (κ2) is 6.76. The Hall–Kier alpha value is -1.80. The number of hydrogen-bond donors (Lipinski definition) is 1. The normalized spacial score (nSPS) is 15.5. The molecule has 3 rings (SSSR count). The minimum absolute atomic E-state index is 0.446. The molecular weight excluding hydrogens is 282 g/mol. The summed E-state index contributed by atoms with van der Waals surface area (Å²) in [4.78, 5) is 0. The van der Waals surface area contributed by atoms with Crippen LogP contribution in [0.3, 0.4) is 0 Å². The van der Waals surface area contributed by atoms with Gasteiger partial charge in [-0.15, -0.1) is 0 Å². The molecule has 2 heteroatoms. The van der Waals surface area contributed by atoms with Crippen molar-refractivity contribution in [2.24, 2.45) is 5.92 Å². The number of ether oxygens (including phenoxy) is 1. The predicted molar refractivity (Wildman–Crippen MR) is 96.0 cm³/mol. The van der Waals surface area contributed by atoms with Gasteiger partial charge in [0.2, 0.25) is 0 Å². The molecule has 1 aliphatic rings. The topological polar surface area (TPSA) is 21.3 Å². The van der Waals surface area contributed by atoms with Gasteiger partial charge in [0.05, 0.1) is 7.11 Å². The third-order valence-electron chi connectivity index (χ3n) is 5.03. The van der Waals surface area contributed by atoms with Crippen LogP contribution in [0, 0.1) is 26.7 Å². The maximum atomic E-state index is 5.27. The average molecular weight is 309 g/mol. The summed E-state index contributed by atoms with van der Waals surface area (Å²) in [5, 5.41) is 3.80. The Morgan fingerprint density at radius 3 is 2.26 bits per heavy atom. The predicted octanol–water partition coefficient (Wildman–Crippen LogP) is 4.86. The zero-order chi connectivity index (χ0) is 16.4. The van der Waals surface area contributed by atoms with Gasteiger partial charge in [0, 0.05) is 12.6 Å². The molecule has 2 nitrogen and oxygen atoms in total. The average Bonchev–Trinajstić information content (AvgIpc) is 3.38. The largest absolute Gasteiger partial charge is 0.497 e. The van der Waals surface area contributed by atoms with Crippen molar-refractivity contribution < 1.29 is 4.74 Å². The summed E-state index contributed by atoms with van der Waals surface area (Å²) in [6.45, 7) is 7.52. The van der Waals surface area contributed by atoms with Gasteiger partial charge in [-0.2, -0.15) is 0 Å². The highest BCUT2D eigenvalue weighted by atomic mass is 16.5.